The first kappa shape index (κ1) is 18.0. The Kier molecular flexibility index (Phi) is 4.63. The first-order chi connectivity index (χ1) is 13.0. The number of aryl methyl sites for hydroxylation is 3. The lowest BCUT2D eigenvalue weighted by atomic mass is 9.72. The van der Waals surface area contributed by atoms with Gasteiger partial charge in [-0.25, -0.2) is 4.79 Å². The Labute approximate surface area is 159 Å². The van der Waals surface area contributed by atoms with Gasteiger partial charge in [-0.2, -0.15) is 4.98 Å². The van der Waals surface area contributed by atoms with Crippen LogP contribution in [-0.4, -0.2) is 47.4 Å². The number of rotatable bonds is 2. The fourth-order valence-electron chi connectivity index (χ4n) is 4.35. The highest BCUT2D eigenvalue weighted by molar-refractivity contribution is 5.90. The molecular weight excluding hydrogens is 344 g/mol. The molecule has 1 unspecified atom stereocenters. The lowest BCUT2D eigenvalue weighted by Crippen LogP contribution is -2.38. The number of anilines is 1. The molecule has 1 aromatic carbocycles. The predicted octanol–water partition coefficient (Wildman–Crippen LogP) is 3.42. The van der Waals surface area contributed by atoms with E-state index in [4.69, 9.17) is 9.26 Å². The van der Waals surface area contributed by atoms with Gasteiger partial charge in [0, 0.05) is 37.4 Å². The molecule has 2 aromatic rings. The molecule has 2 aliphatic rings. The molecule has 0 saturated carbocycles. The van der Waals surface area contributed by atoms with Crippen LogP contribution in [0, 0.1) is 26.2 Å². The maximum absolute atomic E-state index is 13.0. The molecule has 1 N–H and O–H groups in total. The van der Waals surface area contributed by atoms with Crippen LogP contribution in [0.1, 0.15) is 41.6 Å². The van der Waals surface area contributed by atoms with Gasteiger partial charge in [0.05, 0.1) is 5.92 Å². The smallest absolute Gasteiger partial charge is 0.321 e. The molecule has 144 valence electrons. The Morgan fingerprint density at radius 2 is 2.04 bits per heavy atom. The van der Waals surface area contributed by atoms with Crippen molar-refractivity contribution in [1.82, 2.24) is 15.0 Å². The molecule has 0 aliphatic carbocycles. The number of hydrogen-bond acceptors (Lipinski definition) is 5. The molecule has 27 heavy (non-hydrogen) atoms. The Bertz CT molecular complexity index is 842. The van der Waals surface area contributed by atoms with Crippen LogP contribution in [0.25, 0.3) is 0 Å². The number of amides is 2. The molecule has 7 heteroatoms. The summed E-state index contributed by atoms with van der Waals surface area (Å²) in [5.41, 5.74) is 3.03. The van der Waals surface area contributed by atoms with Gasteiger partial charge in [0.15, 0.2) is 5.82 Å². The monoisotopic (exact) mass is 370 g/mol. The van der Waals surface area contributed by atoms with Gasteiger partial charge >= 0.3 is 6.03 Å². The zero-order valence-corrected chi connectivity index (χ0v) is 16.1. The minimum Gasteiger partial charge on any atom is -0.381 e. The largest absolute Gasteiger partial charge is 0.381 e. The van der Waals surface area contributed by atoms with Gasteiger partial charge in [0.1, 0.15) is 0 Å². The summed E-state index contributed by atoms with van der Waals surface area (Å²) in [4.78, 5) is 19.3. The molecule has 2 fully saturated rings. The topological polar surface area (TPSA) is 80.5 Å². The van der Waals surface area contributed by atoms with Gasteiger partial charge in [0.25, 0.3) is 0 Å². The standard InChI is InChI=1S/C20H26N4O3/c1-13-4-5-17(14(2)10-13)22-19(25)24-11-16(18-21-15(3)23-27-18)20(12-24)6-8-26-9-7-20/h4-5,10,16H,6-9,11-12H2,1-3H3,(H,22,25). The molecule has 1 spiro atoms. The number of carbonyl (C=O) groups excluding carboxylic acids is 1. The van der Waals surface area contributed by atoms with Crippen molar-refractivity contribution in [2.24, 2.45) is 5.41 Å². The van der Waals surface area contributed by atoms with Gasteiger partial charge in [-0.1, -0.05) is 22.9 Å². The molecule has 0 radical (unpaired) electrons. The van der Waals surface area contributed by atoms with E-state index in [0.717, 1.165) is 24.1 Å². The van der Waals surface area contributed by atoms with Gasteiger partial charge in [-0.15, -0.1) is 0 Å². The van der Waals surface area contributed by atoms with E-state index >= 15 is 0 Å². The van der Waals surface area contributed by atoms with E-state index in [1.807, 2.05) is 37.8 Å². The first-order valence-electron chi connectivity index (χ1n) is 9.48. The van der Waals surface area contributed by atoms with Crippen molar-refractivity contribution in [2.75, 3.05) is 31.6 Å². The van der Waals surface area contributed by atoms with Crippen LogP contribution in [0.3, 0.4) is 0 Å². The Morgan fingerprint density at radius 3 is 2.70 bits per heavy atom. The van der Waals surface area contributed by atoms with Crippen LogP contribution >= 0.6 is 0 Å². The van der Waals surface area contributed by atoms with Crippen LogP contribution in [-0.2, 0) is 4.74 Å². The van der Waals surface area contributed by atoms with Gasteiger partial charge < -0.3 is 19.5 Å². The van der Waals surface area contributed by atoms with Gasteiger partial charge in [-0.05, 0) is 45.2 Å². The van der Waals surface area contributed by atoms with Crippen molar-refractivity contribution in [1.29, 1.82) is 0 Å². The van der Waals surface area contributed by atoms with Crippen LogP contribution in [0.4, 0.5) is 10.5 Å². The van der Waals surface area contributed by atoms with E-state index in [-0.39, 0.29) is 17.4 Å². The minimum atomic E-state index is -0.0773. The molecule has 7 nitrogen and oxygen atoms in total. The SMILES string of the molecule is Cc1ccc(NC(=O)N2CC(c3nc(C)no3)C3(CCOCC3)C2)c(C)c1. The molecule has 2 amide bonds. The third kappa shape index (κ3) is 3.43. The van der Waals surface area contributed by atoms with Crippen LogP contribution < -0.4 is 5.32 Å². The molecule has 1 atom stereocenters. The quantitative estimate of drug-likeness (QED) is 0.876. The predicted molar refractivity (Wildman–Crippen MR) is 101 cm³/mol. The van der Waals surface area contributed by atoms with Gasteiger partial charge in [-0.3, -0.25) is 0 Å². The van der Waals surface area contributed by atoms with Crippen molar-refractivity contribution >= 4 is 11.7 Å². The number of aromatic nitrogens is 2. The highest BCUT2D eigenvalue weighted by atomic mass is 16.5. The second-order valence-electron chi connectivity index (χ2n) is 7.84. The maximum Gasteiger partial charge on any atom is 0.321 e. The van der Waals surface area contributed by atoms with Crippen molar-refractivity contribution < 1.29 is 14.1 Å². The maximum atomic E-state index is 13.0. The molecule has 4 rings (SSSR count). The zero-order valence-electron chi connectivity index (χ0n) is 16.1. The number of hydrogen-bond donors (Lipinski definition) is 1. The normalized spacial score (nSPS) is 21.6. The lowest BCUT2D eigenvalue weighted by Gasteiger charge is -2.36. The van der Waals surface area contributed by atoms with E-state index in [2.05, 4.69) is 21.5 Å². The van der Waals surface area contributed by atoms with Crippen LogP contribution in [0.15, 0.2) is 22.7 Å². The Hall–Kier alpha value is -2.41. The summed E-state index contributed by atoms with van der Waals surface area (Å²) < 4.78 is 11.1. The van der Waals surface area contributed by atoms with Crippen molar-refractivity contribution in [3.8, 4) is 0 Å². The highest BCUT2D eigenvalue weighted by Crippen LogP contribution is 2.49. The second kappa shape index (κ2) is 6.96. The average molecular weight is 370 g/mol. The van der Waals surface area contributed by atoms with E-state index in [1.165, 1.54) is 5.56 Å². The highest BCUT2D eigenvalue weighted by Gasteiger charge is 2.51. The summed E-state index contributed by atoms with van der Waals surface area (Å²) >= 11 is 0. The third-order valence-corrected chi connectivity index (χ3v) is 5.89. The Morgan fingerprint density at radius 1 is 1.26 bits per heavy atom. The summed E-state index contributed by atoms with van der Waals surface area (Å²) in [5, 5.41) is 7.03. The molecule has 2 aliphatic heterocycles. The van der Waals surface area contributed by atoms with Crippen molar-refractivity contribution in [3.63, 3.8) is 0 Å². The van der Waals surface area contributed by atoms with Crippen molar-refractivity contribution in [2.45, 2.75) is 39.5 Å². The van der Waals surface area contributed by atoms with Gasteiger partial charge in [0.2, 0.25) is 5.89 Å². The number of likely N-dealkylation sites (tertiary alicyclic amines) is 1. The van der Waals surface area contributed by atoms with Crippen LogP contribution in [0.5, 0.6) is 0 Å². The fraction of sp³-hybridized carbons (Fsp3) is 0.550. The Balaban J connectivity index is 1.56. The molecule has 1 aromatic heterocycles. The van der Waals surface area contributed by atoms with Crippen LogP contribution in [0.2, 0.25) is 0 Å². The number of nitrogens with one attached hydrogen (secondary N) is 1. The molecule has 3 heterocycles. The average Bonchev–Trinajstić information content (AvgIpc) is 3.22. The number of urea groups is 1. The van der Waals surface area contributed by atoms with E-state index in [0.29, 0.717) is 38.0 Å². The molecule has 0 bridgehead atoms. The number of nitrogens with zero attached hydrogens (tertiary/aromatic N) is 3. The number of carbonyl (C=O) groups is 1. The minimum absolute atomic E-state index is 0.0486. The lowest BCUT2D eigenvalue weighted by molar-refractivity contribution is 0.00959. The van der Waals surface area contributed by atoms with E-state index in [1.54, 1.807) is 0 Å². The third-order valence-electron chi connectivity index (χ3n) is 5.89. The second-order valence-corrected chi connectivity index (χ2v) is 7.84. The molecular formula is C20H26N4O3. The molecule has 2 saturated heterocycles. The summed E-state index contributed by atoms with van der Waals surface area (Å²) in [6.07, 6.45) is 1.79. The summed E-state index contributed by atoms with van der Waals surface area (Å²) in [6.45, 7) is 8.55. The fourth-order valence-corrected chi connectivity index (χ4v) is 4.35. The van der Waals surface area contributed by atoms with E-state index in [9.17, 15) is 4.79 Å². The summed E-state index contributed by atoms with van der Waals surface area (Å²) in [7, 11) is 0. The number of ether oxygens (including phenoxy) is 1. The first-order valence-corrected chi connectivity index (χ1v) is 9.48. The summed E-state index contributed by atoms with van der Waals surface area (Å²) in [6, 6.07) is 5.97. The summed E-state index contributed by atoms with van der Waals surface area (Å²) in [5.74, 6) is 1.31. The zero-order chi connectivity index (χ0) is 19.0. The number of benzene rings is 1. The van der Waals surface area contributed by atoms with E-state index < -0.39 is 0 Å². The van der Waals surface area contributed by atoms with Crippen molar-refractivity contribution in [3.05, 3.63) is 41.0 Å².